The van der Waals surface area contributed by atoms with Gasteiger partial charge in [-0.2, -0.15) is 0 Å². The van der Waals surface area contributed by atoms with Crippen molar-refractivity contribution >= 4 is 44.6 Å². The summed E-state index contributed by atoms with van der Waals surface area (Å²) in [5.74, 6) is -0.285. The monoisotopic (exact) mass is 369 g/mol. The number of non-ortho nitro benzene ring substituents is 1. The van der Waals surface area contributed by atoms with Gasteiger partial charge >= 0.3 is 0 Å². The molecule has 0 fully saturated rings. The van der Waals surface area contributed by atoms with Gasteiger partial charge in [-0.3, -0.25) is 19.6 Å². The van der Waals surface area contributed by atoms with Crippen LogP contribution in [0, 0.1) is 10.1 Å². The van der Waals surface area contributed by atoms with Gasteiger partial charge in [-0.25, -0.2) is 8.42 Å². The Hall–Kier alpha value is -2.65. The largest absolute Gasteiger partial charge is 0.326 e. The third-order valence-electron chi connectivity index (χ3n) is 2.89. The van der Waals surface area contributed by atoms with E-state index in [9.17, 15) is 23.3 Å². The number of anilines is 2. The first-order chi connectivity index (χ1) is 11.2. The Morgan fingerprint density at radius 2 is 1.79 bits per heavy atom. The second-order valence-corrected chi connectivity index (χ2v) is 6.82. The van der Waals surface area contributed by atoms with Gasteiger partial charge in [0.15, 0.2) is 0 Å². The Labute approximate surface area is 142 Å². The van der Waals surface area contributed by atoms with E-state index in [1.165, 1.54) is 43.3 Å². The SMILES string of the molecule is CC(=O)Nc1ccc(S(=O)(=O)Nc2cc([N+](=O)[O-])ccc2Cl)cc1. The van der Waals surface area contributed by atoms with Crippen molar-refractivity contribution in [2.24, 2.45) is 0 Å². The van der Waals surface area contributed by atoms with Gasteiger partial charge in [0.2, 0.25) is 5.91 Å². The highest BCUT2D eigenvalue weighted by atomic mass is 35.5. The molecule has 0 aromatic heterocycles. The maximum absolute atomic E-state index is 12.3. The minimum atomic E-state index is -3.99. The molecule has 2 rings (SSSR count). The van der Waals surface area contributed by atoms with Gasteiger partial charge in [-0.15, -0.1) is 0 Å². The number of nitrogens with one attached hydrogen (secondary N) is 2. The molecule has 0 saturated heterocycles. The lowest BCUT2D eigenvalue weighted by atomic mass is 10.3. The summed E-state index contributed by atoms with van der Waals surface area (Å²) in [6.07, 6.45) is 0. The number of amides is 1. The number of rotatable bonds is 5. The third-order valence-corrected chi connectivity index (χ3v) is 4.60. The van der Waals surface area contributed by atoms with Crippen molar-refractivity contribution in [2.45, 2.75) is 11.8 Å². The fraction of sp³-hybridized carbons (Fsp3) is 0.0714. The summed E-state index contributed by atoms with van der Waals surface area (Å²) < 4.78 is 26.9. The second-order valence-electron chi connectivity index (χ2n) is 4.73. The maximum Gasteiger partial charge on any atom is 0.271 e. The highest BCUT2D eigenvalue weighted by Gasteiger charge is 2.18. The van der Waals surface area contributed by atoms with Crippen molar-refractivity contribution in [3.05, 3.63) is 57.6 Å². The van der Waals surface area contributed by atoms with Crippen molar-refractivity contribution in [3.8, 4) is 0 Å². The molecule has 0 aliphatic heterocycles. The predicted molar refractivity (Wildman–Crippen MR) is 89.7 cm³/mol. The van der Waals surface area contributed by atoms with Gasteiger partial charge in [0.25, 0.3) is 15.7 Å². The van der Waals surface area contributed by atoms with Crippen LogP contribution in [0.25, 0.3) is 0 Å². The van der Waals surface area contributed by atoms with E-state index in [2.05, 4.69) is 10.0 Å². The Kier molecular flexibility index (Phi) is 5.05. The number of nitrogens with zero attached hydrogens (tertiary/aromatic N) is 1. The molecule has 0 saturated carbocycles. The molecule has 0 bridgehead atoms. The van der Waals surface area contributed by atoms with Gasteiger partial charge in [-0.05, 0) is 30.3 Å². The molecule has 0 radical (unpaired) electrons. The summed E-state index contributed by atoms with van der Waals surface area (Å²) in [5, 5.41) is 13.3. The lowest BCUT2D eigenvalue weighted by Gasteiger charge is -2.10. The zero-order valence-corrected chi connectivity index (χ0v) is 13.9. The zero-order chi connectivity index (χ0) is 17.9. The van der Waals surface area contributed by atoms with E-state index in [-0.39, 0.29) is 27.2 Å². The van der Waals surface area contributed by atoms with Crippen molar-refractivity contribution < 1.29 is 18.1 Å². The van der Waals surface area contributed by atoms with Gasteiger partial charge < -0.3 is 5.32 Å². The summed E-state index contributed by atoms with van der Waals surface area (Å²) in [7, 11) is -3.99. The van der Waals surface area contributed by atoms with E-state index < -0.39 is 14.9 Å². The van der Waals surface area contributed by atoms with Crippen LogP contribution in [0.1, 0.15) is 6.92 Å². The zero-order valence-electron chi connectivity index (χ0n) is 12.3. The number of hydrogen-bond acceptors (Lipinski definition) is 5. The maximum atomic E-state index is 12.3. The smallest absolute Gasteiger partial charge is 0.271 e. The molecule has 0 heterocycles. The molecule has 2 aromatic rings. The Bertz CT molecular complexity index is 897. The average Bonchev–Trinajstić information content (AvgIpc) is 2.49. The van der Waals surface area contributed by atoms with Crippen LogP contribution in [-0.2, 0) is 14.8 Å². The molecule has 0 unspecified atom stereocenters. The quantitative estimate of drug-likeness (QED) is 0.620. The number of halogens is 1. The van der Waals surface area contributed by atoms with E-state index >= 15 is 0 Å². The topological polar surface area (TPSA) is 118 Å². The highest BCUT2D eigenvalue weighted by molar-refractivity contribution is 7.92. The molecule has 2 aromatic carbocycles. The number of carbonyl (C=O) groups is 1. The van der Waals surface area contributed by atoms with Gasteiger partial charge in [-0.1, -0.05) is 11.6 Å². The Balaban J connectivity index is 2.30. The molecule has 1 amide bonds. The Morgan fingerprint density at radius 3 is 2.33 bits per heavy atom. The van der Waals surface area contributed by atoms with Crippen LogP contribution in [0.2, 0.25) is 5.02 Å². The number of benzene rings is 2. The fourth-order valence-electron chi connectivity index (χ4n) is 1.83. The van der Waals surface area contributed by atoms with Crippen LogP contribution in [0.4, 0.5) is 17.1 Å². The van der Waals surface area contributed by atoms with E-state index in [0.717, 1.165) is 6.07 Å². The molecular formula is C14H12ClN3O5S. The minimum Gasteiger partial charge on any atom is -0.326 e. The Morgan fingerprint density at radius 1 is 1.17 bits per heavy atom. The molecule has 0 aliphatic rings. The first kappa shape index (κ1) is 17.7. The van der Waals surface area contributed by atoms with Crippen molar-refractivity contribution in [1.29, 1.82) is 0 Å². The summed E-state index contributed by atoms with van der Waals surface area (Å²) >= 11 is 5.88. The molecule has 0 aliphatic carbocycles. The number of carbonyl (C=O) groups excluding carboxylic acids is 1. The van der Waals surface area contributed by atoms with E-state index in [0.29, 0.717) is 5.69 Å². The van der Waals surface area contributed by atoms with E-state index in [4.69, 9.17) is 11.6 Å². The molecule has 24 heavy (non-hydrogen) atoms. The van der Waals surface area contributed by atoms with Crippen molar-refractivity contribution in [3.63, 3.8) is 0 Å². The summed E-state index contributed by atoms with van der Waals surface area (Å²) in [5.41, 5.74) is 0.0461. The standard InChI is InChI=1S/C14H12ClN3O5S/c1-9(19)16-10-2-5-12(6-3-10)24(22,23)17-14-8-11(18(20)21)4-7-13(14)15/h2-8,17H,1H3,(H,16,19). The first-order valence-electron chi connectivity index (χ1n) is 6.53. The van der Waals surface area contributed by atoms with Crippen molar-refractivity contribution in [1.82, 2.24) is 0 Å². The lowest BCUT2D eigenvalue weighted by molar-refractivity contribution is -0.384. The number of nitro benzene ring substituents is 1. The minimum absolute atomic E-state index is 0.0269. The molecule has 8 nitrogen and oxygen atoms in total. The summed E-state index contributed by atoms with van der Waals surface area (Å²) in [6.45, 7) is 1.33. The third kappa shape index (κ3) is 4.21. The van der Waals surface area contributed by atoms with Crippen LogP contribution in [-0.4, -0.2) is 19.2 Å². The summed E-state index contributed by atoms with van der Waals surface area (Å²) in [4.78, 5) is 21.0. The number of sulfonamides is 1. The van der Waals surface area contributed by atoms with Crippen LogP contribution >= 0.6 is 11.6 Å². The predicted octanol–water partition coefficient (Wildman–Crippen LogP) is 3.01. The van der Waals surface area contributed by atoms with Crippen LogP contribution in [0.15, 0.2) is 47.4 Å². The van der Waals surface area contributed by atoms with Crippen molar-refractivity contribution in [2.75, 3.05) is 10.0 Å². The highest BCUT2D eigenvalue weighted by Crippen LogP contribution is 2.29. The van der Waals surface area contributed by atoms with E-state index in [1.54, 1.807) is 0 Å². The van der Waals surface area contributed by atoms with Crippen LogP contribution < -0.4 is 10.0 Å². The average molecular weight is 370 g/mol. The number of nitro groups is 1. The van der Waals surface area contributed by atoms with Gasteiger partial charge in [0, 0.05) is 24.7 Å². The lowest BCUT2D eigenvalue weighted by Crippen LogP contribution is -2.13. The van der Waals surface area contributed by atoms with Gasteiger partial charge in [0.1, 0.15) is 0 Å². The van der Waals surface area contributed by atoms with Gasteiger partial charge in [0.05, 0.1) is 20.5 Å². The molecule has 126 valence electrons. The first-order valence-corrected chi connectivity index (χ1v) is 8.39. The van der Waals surface area contributed by atoms with Crippen LogP contribution in [0.3, 0.4) is 0 Å². The molecule has 10 heteroatoms. The molecule has 0 spiro atoms. The normalized spacial score (nSPS) is 10.9. The van der Waals surface area contributed by atoms with E-state index in [1.807, 2.05) is 0 Å². The fourth-order valence-corrected chi connectivity index (χ4v) is 3.12. The molecule has 2 N–H and O–H groups in total. The summed E-state index contributed by atoms with van der Waals surface area (Å²) in [6, 6.07) is 8.86. The number of hydrogen-bond donors (Lipinski definition) is 2. The molecule has 0 atom stereocenters. The van der Waals surface area contributed by atoms with Crippen LogP contribution in [0.5, 0.6) is 0 Å². The second kappa shape index (κ2) is 6.85. The molecular weight excluding hydrogens is 358 g/mol.